The van der Waals surface area contributed by atoms with Gasteiger partial charge in [0.25, 0.3) is 0 Å². The molecule has 21 heavy (non-hydrogen) atoms. The number of nitrogens with zero attached hydrogens (tertiary/aromatic N) is 1. The number of hydrogen-bond donors (Lipinski definition) is 1. The highest BCUT2D eigenvalue weighted by atomic mass is 15.1. The second-order valence-corrected chi connectivity index (χ2v) is 7.54. The van der Waals surface area contributed by atoms with Crippen molar-refractivity contribution in [2.75, 3.05) is 13.6 Å². The second kappa shape index (κ2) is 4.13. The SMILES string of the molecule is CN1CCC23CCCCC2C1Cc1c3ccc2[nH]ccc12. The zero-order valence-electron chi connectivity index (χ0n) is 12.9. The molecule has 0 amide bonds. The lowest BCUT2D eigenvalue weighted by Gasteiger charge is -2.58. The van der Waals surface area contributed by atoms with Crippen molar-refractivity contribution in [2.45, 2.75) is 50.0 Å². The first-order valence-electron chi connectivity index (χ1n) is 8.59. The lowest BCUT2D eigenvalue weighted by atomic mass is 9.52. The van der Waals surface area contributed by atoms with Crippen molar-refractivity contribution in [2.24, 2.45) is 5.92 Å². The molecule has 2 heterocycles. The highest BCUT2D eigenvalue weighted by Gasteiger charge is 2.53. The highest BCUT2D eigenvalue weighted by molar-refractivity contribution is 5.85. The zero-order valence-corrected chi connectivity index (χ0v) is 12.9. The third kappa shape index (κ3) is 1.47. The molecule has 1 aromatic carbocycles. The van der Waals surface area contributed by atoms with Gasteiger partial charge in [-0.05, 0) is 68.5 Å². The van der Waals surface area contributed by atoms with Crippen molar-refractivity contribution >= 4 is 10.9 Å². The number of piperidine rings is 1. The van der Waals surface area contributed by atoms with E-state index < -0.39 is 0 Å². The topological polar surface area (TPSA) is 19.0 Å². The van der Waals surface area contributed by atoms with E-state index in [1.165, 1.54) is 56.0 Å². The number of likely N-dealkylation sites (tertiary alicyclic amines) is 1. The number of H-pyrrole nitrogens is 1. The van der Waals surface area contributed by atoms with Gasteiger partial charge in [0, 0.05) is 28.6 Å². The zero-order chi connectivity index (χ0) is 14.0. The Bertz CT molecular complexity index is 701. The van der Waals surface area contributed by atoms with E-state index in [4.69, 9.17) is 0 Å². The average Bonchev–Trinajstić information content (AvgIpc) is 2.99. The third-order valence-electron chi connectivity index (χ3n) is 6.83. The number of nitrogens with one attached hydrogen (secondary N) is 1. The molecule has 2 aromatic rings. The predicted octanol–water partition coefficient (Wildman–Crippen LogP) is 3.86. The number of benzene rings is 1. The van der Waals surface area contributed by atoms with Gasteiger partial charge in [-0.1, -0.05) is 18.9 Å². The molecule has 0 spiro atoms. The number of likely N-dealkylation sites (N-methyl/N-ethyl adjacent to an activating group) is 1. The van der Waals surface area contributed by atoms with Crippen molar-refractivity contribution in [1.29, 1.82) is 0 Å². The molecule has 1 aliphatic heterocycles. The van der Waals surface area contributed by atoms with Gasteiger partial charge < -0.3 is 9.88 Å². The molecule has 5 rings (SSSR count). The molecule has 2 heteroatoms. The first kappa shape index (κ1) is 12.3. The first-order valence-corrected chi connectivity index (χ1v) is 8.59. The standard InChI is InChI=1S/C19H24N2/c1-21-11-9-19-8-3-2-4-16(19)18(21)12-14-13-7-10-20-17(13)6-5-15(14)19/h5-7,10,16,18,20H,2-4,8-9,11-12H2,1H3. The largest absolute Gasteiger partial charge is 0.361 e. The van der Waals surface area contributed by atoms with Gasteiger partial charge in [0.15, 0.2) is 0 Å². The van der Waals surface area contributed by atoms with Crippen LogP contribution in [0, 0.1) is 5.92 Å². The monoisotopic (exact) mass is 280 g/mol. The summed E-state index contributed by atoms with van der Waals surface area (Å²) in [5.41, 5.74) is 5.18. The molecule has 2 fully saturated rings. The molecule has 2 aliphatic carbocycles. The molecule has 1 N–H and O–H groups in total. The first-order chi connectivity index (χ1) is 10.3. The third-order valence-corrected chi connectivity index (χ3v) is 6.83. The average molecular weight is 280 g/mol. The van der Waals surface area contributed by atoms with Crippen molar-refractivity contribution in [1.82, 2.24) is 9.88 Å². The normalized spacial score (nSPS) is 35.5. The van der Waals surface area contributed by atoms with Crippen LogP contribution in [0.1, 0.15) is 43.2 Å². The van der Waals surface area contributed by atoms with E-state index in [1.54, 1.807) is 11.1 Å². The van der Waals surface area contributed by atoms with Gasteiger partial charge in [-0.2, -0.15) is 0 Å². The van der Waals surface area contributed by atoms with Crippen LogP contribution in [-0.4, -0.2) is 29.5 Å². The fraction of sp³-hybridized carbons (Fsp3) is 0.579. The maximum atomic E-state index is 3.40. The summed E-state index contributed by atoms with van der Waals surface area (Å²) in [6.45, 7) is 1.28. The lowest BCUT2D eigenvalue weighted by molar-refractivity contribution is 0.00328. The summed E-state index contributed by atoms with van der Waals surface area (Å²) < 4.78 is 0. The number of aromatic amines is 1. The van der Waals surface area contributed by atoms with E-state index in [0.29, 0.717) is 5.41 Å². The molecular weight excluding hydrogens is 256 g/mol. The minimum Gasteiger partial charge on any atom is -0.361 e. The molecule has 2 nitrogen and oxygen atoms in total. The Morgan fingerprint density at radius 3 is 3.10 bits per heavy atom. The molecule has 0 radical (unpaired) electrons. The van der Waals surface area contributed by atoms with E-state index in [9.17, 15) is 0 Å². The van der Waals surface area contributed by atoms with Crippen LogP contribution in [0.4, 0.5) is 0 Å². The van der Waals surface area contributed by atoms with E-state index >= 15 is 0 Å². The summed E-state index contributed by atoms with van der Waals surface area (Å²) >= 11 is 0. The Kier molecular flexibility index (Phi) is 2.42. The maximum Gasteiger partial charge on any atom is 0.0456 e. The van der Waals surface area contributed by atoms with E-state index in [-0.39, 0.29) is 0 Å². The fourth-order valence-corrected chi connectivity index (χ4v) is 5.84. The number of aromatic nitrogens is 1. The molecule has 1 saturated heterocycles. The molecule has 3 unspecified atom stereocenters. The van der Waals surface area contributed by atoms with Crippen LogP contribution < -0.4 is 0 Å². The van der Waals surface area contributed by atoms with E-state index in [1.807, 2.05) is 0 Å². The Labute approximate surface area is 126 Å². The predicted molar refractivity (Wildman–Crippen MR) is 86.7 cm³/mol. The van der Waals surface area contributed by atoms with Crippen LogP contribution in [0.5, 0.6) is 0 Å². The minimum absolute atomic E-state index is 0.495. The van der Waals surface area contributed by atoms with Crippen LogP contribution in [0.3, 0.4) is 0 Å². The fourth-order valence-electron chi connectivity index (χ4n) is 5.84. The molecule has 110 valence electrons. The molecule has 3 atom stereocenters. The second-order valence-electron chi connectivity index (χ2n) is 7.54. The summed E-state index contributed by atoms with van der Waals surface area (Å²) in [6, 6.07) is 7.86. The van der Waals surface area contributed by atoms with Crippen LogP contribution in [0.25, 0.3) is 10.9 Å². The van der Waals surface area contributed by atoms with Crippen molar-refractivity contribution in [3.8, 4) is 0 Å². The lowest BCUT2D eigenvalue weighted by Crippen LogP contribution is -2.59. The Morgan fingerprint density at radius 2 is 2.14 bits per heavy atom. The smallest absolute Gasteiger partial charge is 0.0456 e. The Hall–Kier alpha value is -1.28. The van der Waals surface area contributed by atoms with Gasteiger partial charge in [0.1, 0.15) is 0 Å². The van der Waals surface area contributed by atoms with Gasteiger partial charge in [0.05, 0.1) is 0 Å². The van der Waals surface area contributed by atoms with Crippen molar-refractivity contribution in [3.05, 3.63) is 35.5 Å². The van der Waals surface area contributed by atoms with Gasteiger partial charge in [0.2, 0.25) is 0 Å². The van der Waals surface area contributed by atoms with Crippen molar-refractivity contribution in [3.63, 3.8) is 0 Å². The summed E-state index contributed by atoms with van der Waals surface area (Å²) in [6.07, 6.45) is 10.5. The number of fused-ring (bicyclic) bond motifs is 3. The Balaban J connectivity index is 1.79. The summed E-state index contributed by atoms with van der Waals surface area (Å²) in [7, 11) is 2.35. The molecule has 1 aromatic heterocycles. The number of rotatable bonds is 0. The van der Waals surface area contributed by atoms with Crippen LogP contribution in [-0.2, 0) is 11.8 Å². The van der Waals surface area contributed by atoms with Crippen LogP contribution in [0.2, 0.25) is 0 Å². The molecule has 1 saturated carbocycles. The number of hydrogen-bond acceptors (Lipinski definition) is 1. The van der Waals surface area contributed by atoms with Gasteiger partial charge in [-0.15, -0.1) is 0 Å². The quantitative estimate of drug-likeness (QED) is 0.776. The van der Waals surface area contributed by atoms with E-state index in [2.05, 4.69) is 41.3 Å². The minimum atomic E-state index is 0.495. The van der Waals surface area contributed by atoms with Gasteiger partial charge in [-0.25, -0.2) is 0 Å². The van der Waals surface area contributed by atoms with Crippen molar-refractivity contribution < 1.29 is 0 Å². The molecule has 3 aliphatic rings. The van der Waals surface area contributed by atoms with Gasteiger partial charge >= 0.3 is 0 Å². The molecular formula is C19H24N2. The summed E-state index contributed by atoms with van der Waals surface area (Å²) in [4.78, 5) is 6.06. The maximum absolute atomic E-state index is 3.40. The summed E-state index contributed by atoms with van der Waals surface area (Å²) in [5.74, 6) is 0.897. The highest BCUT2D eigenvalue weighted by Crippen LogP contribution is 2.56. The molecule has 2 bridgehead atoms. The van der Waals surface area contributed by atoms with Crippen LogP contribution in [0.15, 0.2) is 24.4 Å². The summed E-state index contributed by atoms with van der Waals surface area (Å²) in [5, 5.41) is 1.48. The van der Waals surface area contributed by atoms with E-state index in [0.717, 1.165) is 12.0 Å². The Morgan fingerprint density at radius 1 is 1.19 bits per heavy atom. The van der Waals surface area contributed by atoms with Crippen LogP contribution >= 0.6 is 0 Å². The van der Waals surface area contributed by atoms with Gasteiger partial charge in [-0.3, -0.25) is 0 Å².